The smallest absolute Gasteiger partial charge is 0.232 e. The quantitative estimate of drug-likeness (QED) is 0.338. The molecule has 1 N–H and O–H groups in total. The van der Waals surface area contributed by atoms with Crippen LogP contribution in [0.4, 0.5) is 5.95 Å². The van der Waals surface area contributed by atoms with Gasteiger partial charge in [0.25, 0.3) is 0 Å². The highest BCUT2D eigenvalue weighted by Gasteiger charge is 2.23. The predicted molar refractivity (Wildman–Crippen MR) is 136 cm³/mol. The number of nitrogens with one attached hydrogen (secondary N) is 1. The van der Waals surface area contributed by atoms with Crippen molar-refractivity contribution in [1.82, 2.24) is 19.5 Å². The van der Waals surface area contributed by atoms with Gasteiger partial charge in [-0.05, 0) is 43.9 Å². The summed E-state index contributed by atoms with van der Waals surface area (Å²) < 4.78 is 26.9. The van der Waals surface area contributed by atoms with Crippen LogP contribution in [0.15, 0.2) is 53.7 Å². The van der Waals surface area contributed by atoms with Crippen LogP contribution in [0.2, 0.25) is 0 Å². The molecule has 0 aliphatic carbocycles. The lowest BCUT2D eigenvalue weighted by Gasteiger charge is -2.18. The van der Waals surface area contributed by atoms with Gasteiger partial charge in [-0.3, -0.25) is 9.36 Å². The van der Waals surface area contributed by atoms with Crippen LogP contribution in [0.25, 0.3) is 5.69 Å². The molecule has 1 saturated heterocycles. The standard InChI is InChI=1S/C24H29N5O3S2/c1-18-5-11-21(12-6-18)29-23(28-15-3-4-16-28)26-27-24(29)33-17-22(30)20-9-7-19(8-10-20)13-14-25-34(2,31)32/h5-12,25H,3-4,13-17H2,1-2H3. The van der Waals surface area contributed by atoms with Crippen LogP contribution in [0.3, 0.4) is 0 Å². The molecule has 1 aliphatic heterocycles. The highest BCUT2D eigenvalue weighted by atomic mass is 32.2. The Labute approximate surface area is 204 Å². The van der Waals surface area contributed by atoms with Gasteiger partial charge in [0.15, 0.2) is 10.9 Å². The second-order valence-electron chi connectivity index (χ2n) is 8.47. The van der Waals surface area contributed by atoms with Crippen molar-refractivity contribution in [3.05, 3.63) is 65.2 Å². The number of thioether (sulfide) groups is 1. The number of carbonyl (C=O) groups is 1. The monoisotopic (exact) mass is 499 g/mol. The molecule has 1 aromatic heterocycles. The molecule has 34 heavy (non-hydrogen) atoms. The zero-order valence-electron chi connectivity index (χ0n) is 19.4. The van der Waals surface area contributed by atoms with Gasteiger partial charge >= 0.3 is 0 Å². The van der Waals surface area contributed by atoms with Gasteiger partial charge in [0.2, 0.25) is 16.0 Å². The molecular weight excluding hydrogens is 470 g/mol. The summed E-state index contributed by atoms with van der Waals surface area (Å²) in [6, 6.07) is 15.6. The lowest BCUT2D eigenvalue weighted by atomic mass is 10.1. The minimum Gasteiger partial charge on any atom is -0.341 e. The van der Waals surface area contributed by atoms with Crippen molar-refractivity contribution in [2.75, 3.05) is 36.5 Å². The molecule has 0 atom stereocenters. The Bertz CT molecular complexity index is 1230. The summed E-state index contributed by atoms with van der Waals surface area (Å²) in [7, 11) is -3.20. The topological polar surface area (TPSA) is 97.2 Å². The van der Waals surface area contributed by atoms with Crippen LogP contribution in [0.5, 0.6) is 0 Å². The number of nitrogens with zero attached hydrogens (tertiary/aromatic N) is 4. The molecule has 1 aliphatic rings. The van der Waals surface area contributed by atoms with E-state index in [1.807, 2.05) is 16.7 Å². The normalized spacial score (nSPS) is 14.0. The van der Waals surface area contributed by atoms with E-state index in [9.17, 15) is 13.2 Å². The Balaban J connectivity index is 1.44. The van der Waals surface area contributed by atoms with Crippen molar-refractivity contribution >= 4 is 33.5 Å². The van der Waals surface area contributed by atoms with E-state index in [0.717, 1.165) is 49.4 Å². The fourth-order valence-electron chi connectivity index (χ4n) is 3.85. The molecule has 0 bridgehead atoms. The summed E-state index contributed by atoms with van der Waals surface area (Å²) in [5.74, 6) is 1.08. The summed E-state index contributed by atoms with van der Waals surface area (Å²) in [6.45, 7) is 4.30. The molecule has 2 aromatic carbocycles. The van der Waals surface area contributed by atoms with E-state index in [2.05, 4.69) is 51.0 Å². The first-order chi connectivity index (χ1) is 16.3. The highest BCUT2D eigenvalue weighted by Crippen LogP contribution is 2.29. The fraction of sp³-hybridized carbons (Fsp3) is 0.375. The van der Waals surface area contributed by atoms with E-state index in [1.54, 1.807) is 12.1 Å². The maximum Gasteiger partial charge on any atom is 0.232 e. The molecule has 8 nitrogen and oxygen atoms in total. The fourth-order valence-corrected chi connectivity index (χ4v) is 5.16. The number of hydrogen-bond acceptors (Lipinski definition) is 7. The largest absolute Gasteiger partial charge is 0.341 e. The van der Waals surface area contributed by atoms with E-state index in [0.29, 0.717) is 23.7 Å². The van der Waals surface area contributed by atoms with Gasteiger partial charge in [-0.1, -0.05) is 53.7 Å². The van der Waals surface area contributed by atoms with Gasteiger partial charge in [0.05, 0.1) is 17.7 Å². The summed E-state index contributed by atoms with van der Waals surface area (Å²) in [6.07, 6.45) is 3.99. The number of aryl methyl sites for hydroxylation is 1. The zero-order valence-corrected chi connectivity index (χ0v) is 21.0. The third-order valence-corrected chi connectivity index (χ3v) is 7.34. The van der Waals surface area contributed by atoms with E-state index in [-0.39, 0.29) is 11.5 Å². The average Bonchev–Trinajstić information content (AvgIpc) is 3.47. The van der Waals surface area contributed by atoms with Gasteiger partial charge in [-0.15, -0.1) is 10.2 Å². The molecular formula is C24H29N5O3S2. The number of aromatic nitrogens is 3. The molecule has 10 heteroatoms. The molecule has 0 radical (unpaired) electrons. The van der Waals surface area contributed by atoms with Crippen molar-refractivity contribution in [3.8, 4) is 5.69 Å². The van der Waals surface area contributed by atoms with Crippen LogP contribution in [0.1, 0.15) is 34.3 Å². The van der Waals surface area contributed by atoms with E-state index in [4.69, 9.17) is 0 Å². The summed E-state index contributed by atoms with van der Waals surface area (Å²) in [5, 5.41) is 9.58. The summed E-state index contributed by atoms with van der Waals surface area (Å²) in [5.41, 5.74) is 3.75. The van der Waals surface area contributed by atoms with Crippen LogP contribution in [0, 0.1) is 6.92 Å². The number of hydrogen-bond donors (Lipinski definition) is 1. The maximum absolute atomic E-state index is 12.8. The Hall–Kier alpha value is -2.69. The lowest BCUT2D eigenvalue weighted by Crippen LogP contribution is -2.24. The van der Waals surface area contributed by atoms with Gasteiger partial charge < -0.3 is 4.90 Å². The first-order valence-electron chi connectivity index (χ1n) is 11.3. The lowest BCUT2D eigenvalue weighted by molar-refractivity contribution is 0.102. The van der Waals surface area contributed by atoms with E-state index >= 15 is 0 Å². The number of Topliss-reactive ketones (excluding diaryl/α,β-unsaturated/α-hetero) is 1. The van der Waals surface area contributed by atoms with Crippen molar-refractivity contribution < 1.29 is 13.2 Å². The number of sulfonamides is 1. The van der Waals surface area contributed by atoms with Crippen molar-refractivity contribution in [3.63, 3.8) is 0 Å². The SMILES string of the molecule is Cc1ccc(-n2c(SCC(=O)c3ccc(CCNS(C)(=O)=O)cc3)nnc2N2CCCC2)cc1. The minimum absolute atomic E-state index is 0.00647. The summed E-state index contributed by atoms with van der Waals surface area (Å²) >= 11 is 1.39. The Morgan fingerprint density at radius 2 is 1.71 bits per heavy atom. The van der Waals surface area contributed by atoms with Crippen LogP contribution in [-0.4, -0.2) is 60.6 Å². The second kappa shape index (κ2) is 10.7. The number of benzene rings is 2. The van der Waals surface area contributed by atoms with Gasteiger partial charge in [-0.2, -0.15) is 0 Å². The first-order valence-corrected chi connectivity index (χ1v) is 14.1. The van der Waals surface area contributed by atoms with Gasteiger partial charge in [0.1, 0.15) is 0 Å². The molecule has 4 rings (SSSR count). The van der Waals surface area contributed by atoms with Crippen LogP contribution in [-0.2, 0) is 16.4 Å². The van der Waals surface area contributed by atoms with Gasteiger partial charge in [0, 0.05) is 25.2 Å². The number of ketones is 1. The molecule has 1 fully saturated rings. The molecule has 0 unspecified atom stereocenters. The molecule has 0 saturated carbocycles. The van der Waals surface area contributed by atoms with Crippen LogP contribution < -0.4 is 9.62 Å². The van der Waals surface area contributed by atoms with Crippen molar-refractivity contribution in [2.24, 2.45) is 0 Å². The van der Waals surface area contributed by atoms with Crippen molar-refractivity contribution in [2.45, 2.75) is 31.3 Å². The highest BCUT2D eigenvalue weighted by molar-refractivity contribution is 7.99. The second-order valence-corrected chi connectivity index (χ2v) is 11.2. The van der Waals surface area contributed by atoms with E-state index < -0.39 is 10.0 Å². The van der Waals surface area contributed by atoms with Crippen molar-refractivity contribution in [1.29, 1.82) is 0 Å². The first kappa shape index (κ1) is 24.4. The minimum atomic E-state index is -3.20. The number of anilines is 1. The number of rotatable bonds is 10. The maximum atomic E-state index is 12.8. The third kappa shape index (κ3) is 6.25. The van der Waals surface area contributed by atoms with Crippen LogP contribution >= 0.6 is 11.8 Å². The zero-order chi connectivity index (χ0) is 24.1. The predicted octanol–water partition coefficient (Wildman–Crippen LogP) is 3.24. The number of carbonyl (C=O) groups excluding carboxylic acids is 1. The Kier molecular flexibility index (Phi) is 7.70. The Morgan fingerprint density at radius 3 is 2.35 bits per heavy atom. The molecule has 3 aromatic rings. The Morgan fingerprint density at radius 1 is 1.03 bits per heavy atom. The van der Waals surface area contributed by atoms with Gasteiger partial charge in [-0.25, -0.2) is 13.1 Å². The molecule has 180 valence electrons. The average molecular weight is 500 g/mol. The molecule has 0 amide bonds. The van der Waals surface area contributed by atoms with E-state index in [1.165, 1.54) is 17.3 Å². The molecule has 2 heterocycles. The molecule has 0 spiro atoms. The third-order valence-electron chi connectivity index (χ3n) is 5.68. The summed E-state index contributed by atoms with van der Waals surface area (Å²) in [4.78, 5) is 15.1.